The molecule has 0 aromatic heterocycles. The van der Waals surface area contributed by atoms with E-state index in [0.29, 0.717) is 0 Å². The molecule has 1 heterocycles. The quantitative estimate of drug-likeness (QED) is 0.580. The lowest BCUT2D eigenvalue weighted by Gasteiger charge is -2.14. The van der Waals surface area contributed by atoms with Crippen LogP contribution < -0.4 is 5.32 Å². The molecule has 2 nitrogen and oxygen atoms in total. The first-order valence-electron chi connectivity index (χ1n) is 7.53. The van der Waals surface area contributed by atoms with E-state index in [1.165, 1.54) is 55.1 Å². The molecule has 0 aliphatic carbocycles. The second-order valence-electron chi connectivity index (χ2n) is 5.22. The fourth-order valence-electron chi connectivity index (χ4n) is 2.45. The van der Waals surface area contributed by atoms with Crippen molar-refractivity contribution in [2.24, 2.45) is 0 Å². The first kappa shape index (κ1) is 14.9. The molecule has 106 valence electrons. The molecular formula is C16H26N2S. The summed E-state index contributed by atoms with van der Waals surface area (Å²) in [6, 6.07) is 8.96. The highest BCUT2D eigenvalue weighted by Gasteiger charge is 2.10. The zero-order valence-electron chi connectivity index (χ0n) is 12.0. The third-order valence-electron chi connectivity index (χ3n) is 3.53. The lowest BCUT2D eigenvalue weighted by atomic mass is 10.2. The van der Waals surface area contributed by atoms with Gasteiger partial charge in [0.15, 0.2) is 0 Å². The second-order valence-corrected chi connectivity index (χ2v) is 6.39. The molecule has 1 aliphatic heterocycles. The Balaban J connectivity index is 1.71. The lowest BCUT2D eigenvalue weighted by molar-refractivity contribution is 0.362. The van der Waals surface area contributed by atoms with Gasteiger partial charge in [0, 0.05) is 23.7 Å². The first-order chi connectivity index (χ1) is 9.38. The average molecular weight is 278 g/mol. The summed E-state index contributed by atoms with van der Waals surface area (Å²) in [5, 5.41) is 3.46. The highest BCUT2D eigenvalue weighted by atomic mass is 32.2. The Morgan fingerprint density at radius 1 is 1.26 bits per heavy atom. The third-order valence-corrected chi connectivity index (χ3v) is 4.50. The van der Waals surface area contributed by atoms with Crippen LogP contribution >= 0.6 is 11.8 Å². The SMILES string of the molecule is CCCNCc1cccc(SCCN2CCCC2)c1. The van der Waals surface area contributed by atoms with E-state index in [1.54, 1.807) is 0 Å². The van der Waals surface area contributed by atoms with Crippen LogP contribution in [0.25, 0.3) is 0 Å². The minimum absolute atomic E-state index is 0.994. The van der Waals surface area contributed by atoms with E-state index in [1.807, 2.05) is 11.8 Å². The predicted molar refractivity (Wildman–Crippen MR) is 84.8 cm³/mol. The molecule has 0 spiro atoms. The number of rotatable bonds is 8. The van der Waals surface area contributed by atoms with Gasteiger partial charge in [0.05, 0.1) is 0 Å². The number of nitrogens with one attached hydrogen (secondary N) is 1. The molecule has 0 saturated carbocycles. The monoisotopic (exact) mass is 278 g/mol. The van der Waals surface area contributed by atoms with E-state index in [4.69, 9.17) is 0 Å². The lowest BCUT2D eigenvalue weighted by Crippen LogP contribution is -2.21. The molecule has 1 saturated heterocycles. The summed E-state index contributed by atoms with van der Waals surface area (Å²) >= 11 is 1.99. The van der Waals surface area contributed by atoms with Gasteiger partial charge in [-0.2, -0.15) is 0 Å². The standard InChI is InChI=1S/C16H26N2S/c1-2-8-17-14-15-6-5-7-16(13-15)19-12-11-18-9-3-4-10-18/h5-7,13,17H,2-4,8-12,14H2,1H3. The van der Waals surface area contributed by atoms with Crippen LogP contribution in [0, 0.1) is 0 Å². The van der Waals surface area contributed by atoms with Gasteiger partial charge in [-0.3, -0.25) is 0 Å². The van der Waals surface area contributed by atoms with E-state index in [2.05, 4.69) is 41.4 Å². The van der Waals surface area contributed by atoms with Gasteiger partial charge < -0.3 is 10.2 Å². The highest BCUT2D eigenvalue weighted by Crippen LogP contribution is 2.20. The van der Waals surface area contributed by atoms with E-state index >= 15 is 0 Å². The number of thioether (sulfide) groups is 1. The van der Waals surface area contributed by atoms with Crippen LogP contribution in [0.1, 0.15) is 31.7 Å². The van der Waals surface area contributed by atoms with Crippen LogP contribution in [-0.2, 0) is 6.54 Å². The Morgan fingerprint density at radius 3 is 2.89 bits per heavy atom. The van der Waals surface area contributed by atoms with Crippen molar-refractivity contribution in [1.29, 1.82) is 0 Å². The Labute approximate surface area is 122 Å². The van der Waals surface area contributed by atoms with Crippen molar-refractivity contribution in [2.75, 3.05) is 31.9 Å². The van der Waals surface area contributed by atoms with Crippen LogP contribution in [0.15, 0.2) is 29.2 Å². The molecule has 0 unspecified atom stereocenters. The maximum absolute atomic E-state index is 3.46. The van der Waals surface area contributed by atoms with Gasteiger partial charge in [-0.15, -0.1) is 11.8 Å². The number of likely N-dealkylation sites (tertiary alicyclic amines) is 1. The zero-order valence-corrected chi connectivity index (χ0v) is 12.8. The van der Waals surface area contributed by atoms with E-state index in [9.17, 15) is 0 Å². The van der Waals surface area contributed by atoms with Gasteiger partial charge in [-0.1, -0.05) is 19.1 Å². The molecule has 1 aliphatic rings. The Bertz CT molecular complexity index is 362. The molecule has 19 heavy (non-hydrogen) atoms. The van der Waals surface area contributed by atoms with Gasteiger partial charge in [-0.25, -0.2) is 0 Å². The molecule has 1 N–H and O–H groups in total. The van der Waals surface area contributed by atoms with Crippen LogP contribution in [0.2, 0.25) is 0 Å². The number of hydrogen-bond acceptors (Lipinski definition) is 3. The van der Waals surface area contributed by atoms with Crippen molar-refractivity contribution in [2.45, 2.75) is 37.6 Å². The fourth-order valence-corrected chi connectivity index (χ4v) is 3.45. The third kappa shape index (κ3) is 5.55. The van der Waals surface area contributed by atoms with Crippen LogP contribution in [-0.4, -0.2) is 36.8 Å². The molecule has 0 radical (unpaired) electrons. The number of benzene rings is 1. The molecule has 1 aromatic carbocycles. The molecular weight excluding hydrogens is 252 g/mol. The maximum Gasteiger partial charge on any atom is 0.0205 e. The molecule has 3 heteroatoms. The molecule has 2 rings (SSSR count). The normalized spacial score (nSPS) is 16.1. The average Bonchev–Trinajstić information content (AvgIpc) is 2.93. The van der Waals surface area contributed by atoms with Crippen LogP contribution in [0.3, 0.4) is 0 Å². The molecule has 1 aromatic rings. The summed E-state index contributed by atoms with van der Waals surface area (Å²) in [5.41, 5.74) is 1.40. The minimum Gasteiger partial charge on any atom is -0.313 e. The summed E-state index contributed by atoms with van der Waals surface area (Å²) in [6.45, 7) is 8.16. The van der Waals surface area contributed by atoms with Crippen molar-refractivity contribution < 1.29 is 0 Å². The largest absolute Gasteiger partial charge is 0.313 e. The smallest absolute Gasteiger partial charge is 0.0205 e. The highest BCUT2D eigenvalue weighted by molar-refractivity contribution is 7.99. The van der Waals surface area contributed by atoms with Gasteiger partial charge in [0.1, 0.15) is 0 Å². The maximum atomic E-state index is 3.46. The molecule has 0 amide bonds. The summed E-state index contributed by atoms with van der Waals surface area (Å²) in [4.78, 5) is 4.00. The van der Waals surface area contributed by atoms with Gasteiger partial charge >= 0.3 is 0 Å². The van der Waals surface area contributed by atoms with Gasteiger partial charge in [0.2, 0.25) is 0 Å². The Morgan fingerprint density at radius 2 is 2.11 bits per heavy atom. The summed E-state index contributed by atoms with van der Waals surface area (Å²) in [5.74, 6) is 1.21. The van der Waals surface area contributed by atoms with Crippen molar-refractivity contribution in [3.63, 3.8) is 0 Å². The predicted octanol–water partition coefficient (Wildman–Crippen LogP) is 3.37. The van der Waals surface area contributed by atoms with Crippen molar-refractivity contribution >= 4 is 11.8 Å². The van der Waals surface area contributed by atoms with Crippen molar-refractivity contribution in [3.05, 3.63) is 29.8 Å². The second kappa shape index (κ2) is 8.62. The van der Waals surface area contributed by atoms with Crippen LogP contribution in [0.5, 0.6) is 0 Å². The Hall–Kier alpha value is -0.510. The number of nitrogens with zero attached hydrogens (tertiary/aromatic N) is 1. The summed E-state index contributed by atoms with van der Waals surface area (Å²) < 4.78 is 0. The van der Waals surface area contributed by atoms with Crippen molar-refractivity contribution in [3.8, 4) is 0 Å². The van der Waals surface area contributed by atoms with E-state index in [-0.39, 0.29) is 0 Å². The topological polar surface area (TPSA) is 15.3 Å². The van der Waals surface area contributed by atoms with Gasteiger partial charge in [-0.05, 0) is 56.6 Å². The van der Waals surface area contributed by atoms with E-state index < -0.39 is 0 Å². The van der Waals surface area contributed by atoms with Gasteiger partial charge in [0.25, 0.3) is 0 Å². The first-order valence-corrected chi connectivity index (χ1v) is 8.52. The summed E-state index contributed by atoms with van der Waals surface area (Å²) in [6.07, 6.45) is 3.98. The Kier molecular flexibility index (Phi) is 6.75. The molecule has 0 bridgehead atoms. The summed E-state index contributed by atoms with van der Waals surface area (Å²) in [7, 11) is 0. The van der Waals surface area contributed by atoms with E-state index in [0.717, 1.165) is 13.1 Å². The fraction of sp³-hybridized carbons (Fsp3) is 0.625. The molecule has 0 atom stereocenters. The molecule has 1 fully saturated rings. The number of hydrogen-bond donors (Lipinski definition) is 1. The van der Waals surface area contributed by atoms with Crippen LogP contribution in [0.4, 0.5) is 0 Å². The zero-order chi connectivity index (χ0) is 13.3. The minimum atomic E-state index is 0.994. The van der Waals surface area contributed by atoms with Crippen molar-refractivity contribution in [1.82, 2.24) is 10.2 Å².